The number of nitrogens with one attached hydrogen (secondary N) is 1. The average Bonchev–Trinajstić information content (AvgIpc) is 3.24. The fourth-order valence-electron chi connectivity index (χ4n) is 3.69. The number of hydrogen-bond donors (Lipinski definition) is 1. The molecule has 0 unspecified atom stereocenters. The summed E-state index contributed by atoms with van der Waals surface area (Å²) in [4.78, 5) is 38.9. The zero-order valence-electron chi connectivity index (χ0n) is 18.3. The molecule has 1 aromatic heterocycles. The van der Waals surface area contributed by atoms with Crippen molar-refractivity contribution >= 4 is 52.2 Å². The van der Waals surface area contributed by atoms with Crippen molar-refractivity contribution in [1.82, 2.24) is 9.47 Å². The maximum Gasteiger partial charge on any atom is 0.294 e. The van der Waals surface area contributed by atoms with Crippen LogP contribution in [0.15, 0.2) is 59.5 Å². The summed E-state index contributed by atoms with van der Waals surface area (Å²) in [5, 5.41) is 11.5. The maximum atomic E-state index is 12.9. The van der Waals surface area contributed by atoms with Crippen molar-refractivity contribution in [3.05, 3.63) is 87.0 Å². The Labute approximate surface area is 205 Å². The Balaban J connectivity index is 1.53. The summed E-state index contributed by atoms with van der Waals surface area (Å²) >= 11 is 6.85. The third-order valence-electron chi connectivity index (χ3n) is 5.33. The minimum Gasteiger partial charge on any atom is -0.323 e. The van der Waals surface area contributed by atoms with Gasteiger partial charge >= 0.3 is 0 Å². The van der Waals surface area contributed by atoms with Gasteiger partial charge in [-0.1, -0.05) is 23.7 Å². The number of para-hydroxylation sites is 1. The van der Waals surface area contributed by atoms with E-state index in [1.165, 1.54) is 0 Å². The third-order valence-corrected chi connectivity index (χ3v) is 6.57. The largest absolute Gasteiger partial charge is 0.323 e. The van der Waals surface area contributed by atoms with E-state index in [0.717, 1.165) is 39.3 Å². The first kappa shape index (κ1) is 23.4. The van der Waals surface area contributed by atoms with Gasteiger partial charge in [0, 0.05) is 17.1 Å². The summed E-state index contributed by atoms with van der Waals surface area (Å²) < 4.78 is 2.01. The van der Waals surface area contributed by atoms with Crippen LogP contribution in [0.5, 0.6) is 0 Å². The van der Waals surface area contributed by atoms with E-state index in [9.17, 15) is 14.4 Å². The van der Waals surface area contributed by atoms with E-state index in [1.54, 1.807) is 42.5 Å². The van der Waals surface area contributed by atoms with Gasteiger partial charge < -0.3 is 9.88 Å². The van der Waals surface area contributed by atoms with Crippen LogP contribution < -0.4 is 5.32 Å². The molecule has 7 nitrogen and oxygen atoms in total. The summed E-state index contributed by atoms with van der Waals surface area (Å²) in [6.45, 7) is 3.45. The molecule has 3 amide bonds. The Kier molecular flexibility index (Phi) is 6.59. The van der Waals surface area contributed by atoms with Crippen molar-refractivity contribution in [3.63, 3.8) is 0 Å². The van der Waals surface area contributed by atoms with Gasteiger partial charge in [-0.15, -0.1) is 0 Å². The van der Waals surface area contributed by atoms with Gasteiger partial charge in [-0.3, -0.25) is 19.3 Å². The van der Waals surface area contributed by atoms with E-state index < -0.39 is 23.6 Å². The zero-order chi connectivity index (χ0) is 24.4. The fraction of sp³-hybridized carbons (Fsp3) is 0.120. The smallest absolute Gasteiger partial charge is 0.294 e. The lowest BCUT2D eigenvalue weighted by Gasteiger charge is -2.13. The summed E-state index contributed by atoms with van der Waals surface area (Å²) in [5.41, 5.74) is 4.47. The van der Waals surface area contributed by atoms with Crippen LogP contribution >= 0.6 is 23.4 Å². The van der Waals surface area contributed by atoms with E-state index in [-0.39, 0.29) is 4.91 Å². The zero-order valence-corrected chi connectivity index (χ0v) is 19.9. The minimum absolute atomic E-state index is 0.246. The molecule has 0 saturated carbocycles. The molecule has 3 aromatic rings. The van der Waals surface area contributed by atoms with Crippen molar-refractivity contribution in [1.29, 1.82) is 5.26 Å². The van der Waals surface area contributed by atoms with Gasteiger partial charge in [-0.25, -0.2) is 0 Å². The predicted octanol–water partition coefficient (Wildman–Crippen LogP) is 5.29. The molecule has 1 N–H and O–H groups in total. The van der Waals surface area contributed by atoms with Crippen molar-refractivity contribution in [2.45, 2.75) is 13.8 Å². The van der Waals surface area contributed by atoms with Gasteiger partial charge in [0.1, 0.15) is 6.54 Å². The third kappa shape index (κ3) is 4.62. The lowest BCUT2D eigenvalue weighted by molar-refractivity contribution is -0.127. The molecule has 0 aliphatic carbocycles. The second kappa shape index (κ2) is 9.59. The van der Waals surface area contributed by atoms with Crippen molar-refractivity contribution in [3.8, 4) is 11.8 Å². The lowest BCUT2D eigenvalue weighted by atomic mass is 10.2. The first-order chi connectivity index (χ1) is 16.3. The fourth-order valence-corrected chi connectivity index (χ4v) is 4.70. The molecule has 9 heteroatoms. The minimum atomic E-state index is -0.521. The summed E-state index contributed by atoms with van der Waals surface area (Å²) in [6, 6.07) is 17.9. The van der Waals surface area contributed by atoms with Crippen LogP contribution in [-0.4, -0.2) is 33.1 Å². The number of thioether (sulfide) groups is 1. The second-order valence-corrected chi connectivity index (χ2v) is 9.02. The van der Waals surface area contributed by atoms with Crippen LogP contribution in [-0.2, 0) is 9.59 Å². The molecule has 1 saturated heterocycles. The highest BCUT2D eigenvalue weighted by Gasteiger charge is 2.36. The summed E-state index contributed by atoms with van der Waals surface area (Å²) in [5.74, 6) is -1.04. The SMILES string of the molecule is Cc1cc(/C=C2/SC(=O)N(CC(=O)Nc3ccccc3Cl)C2=O)c(C)n1-c1ccc(C#N)cc1. The molecule has 0 bridgehead atoms. The number of nitrogens with zero attached hydrogens (tertiary/aromatic N) is 3. The molecule has 0 radical (unpaired) electrons. The number of anilines is 1. The normalized spacial score (nSPS) is 14.5. The number of benzene rings is 2. The standard InChI is InChI=1S/C25H19ClN4O3S/c1-15-11-18(16(2)30(15)19-9-7-17(13-27)8-10-19)12-22-24(32)29(25(33)34-22)14-23(31)28-21-6-4-3-5-20(21)26/h3-12H,14H2,1-2H3,(H,28,31)/b22-12+. The number of carbonyl (C=O) groups is 3. The van der Waals surface area contributed by atoms with Gasteiger partial charge in [0.15, 0.2) is 0 Å². The van der Waals surface area contributed by atoms with Gasteiger partial charge in [0.25, 0.3) is 11.1 Å². The first-order valence-electron chi connectivity index (χ1n) is 10.3. The number of aromatic nitrogens is 1. The number of halogens is 1. The molecular formula is C25H19ClN4O3S. The van der Waals surface area contributed by atoms with Gasteiger partial charge in [-0.05, 0) is 79.7 Å². The molecule has 0 spiro atoms. The number of imide groups is 1. The van der Waals surface area contributed by atoms with E-state index in [2.05, 4.69) is 11.4 Å². The van der Waals surface area contributed by atoms with Gasteiger partial charge in [0.05, 0.1) is 27.2 Å². The topological polar surface area (TPSA) is 95.2 Å². The van der Waals surface area contributed by atoms with Crippen LogP contribution in [0.1, 0.15) is 22.5 Å². The monoisotopic (exact) mass is 490 g/mol. The van der Waals surface area contributed by atoms with E-state index >= 15 is 0 Å². The molecule has 34 heavy (non-hydrogen) atoms. The Morgan fingerprint density at radius 1 is 1.15 bits per heavy atom. The average molecular weight is 491 g/mol. The molecular weight excluding hydrogens is 472 g/mol. The molecule has 2 aromatic carbocycles. The molecule has 170 valence electrons. The lowest BCUT2D eigenvalue weighted by Crippen LogP contribution is -2.36. The molecule has 1 fully saturated rings. The number of rotatable bonds is 5. The van der Waals surface area contributed by atoms with Crippen LogP contribution in [0.4, 0.5) is 10.5 Å². The summed E-state index contributed by atoms with van der Waals surface area (Å²) in [6.07, 6.45) is 1.67. The number of amides is 3. The molecule has 1 aliphatic rings. The van der Waals surface area contributed by atoms with Crippen LogP contribution in [0.3, 0.4) is 0 Å². The Morgan fingerprint density at radius 3 is 2.53 bits per heavy atom. The molecule has 4 rings (SSSR count). The van der Waals surface area contributed by atoms with E-state index in [1.807, 2.05) is 36.6 Å². The van der Waals surface area contributed by atoms with Gasteiger partial charge in [0.2, 0.25) is 5.91 Å². The van der Waals surface area contributed by atoms with Crippen molar-refractivity contribution in [2.75, 3.05) is 11.9 Å². The van der Waals surface area contributed by atoms with Crippen molar-refractivity contribution < 1.29 is 14.4 Å². The van der Waals surface area contributed by atoms with Gasteiger partial charge in [-0.2, -0.15) is 5.26 Å². The quantitative estimate of drug-likeness (QED) is 0.490. The Morgan fingerprint density at radius 2 is 1.85 bits per heavy atom. The maximum absolute atomic E-state index is 12.9. The van der Waals surface area contributed by atoms with Crippen LogP contribution in [0.25, 0.3) is 11.8 Å². The molecule has 1 aliphatic heterocycles. The number of nitriles is 1. The predicted molar refractivity (Wildman–Crippen MR) is 133 cm³/mol. The highest BCUT2D eigenvalue weighted by atomic mass is 35.5. The summed E-state index contributed by atoms with van der Waals surface area (Å²) in [7, 11) is 0. The highest BCUT2D eigenvalue weighted by molar-refractivity contribution is 8.18. The molecule has 2 heterocycles. The highest BCUT2D eigenvalue weighted by Crippen LogP contribution is 2.34. The van der Waals surface area contributed by atoms with E-state index in [0.29, 0.717) is 16.3 Å². The molecule has 0 atom stereocenters. The Bertz CT molecular complexity index is 1390. The Hall–Kier alpha value is -3.80. The van der Waals surface area contributed by atoms with Crippen LogP contribution in [0.2, 0.25) is 5.02 Å². The number of hydrogen-bond acceptors (Lipinski definition) is 5. The number of carbonyl (C=O) groups excluding carboxylic acids is 3. The second-order valence-electron chi connectivity index (χ2n) is 7.62. The first-order valence-corrected chi connectivity index (χ1v) is 11.5. The van der Waals surface area contributed by atoms with Crippen LogP contribution in [0, 0.1) is 25.2 Å². The number of aryl methyl sites for hydroxylation is 1. The van der Waals surface area contributed by atoms with Crippen molar-refractivity contribution in [2.24, 2.45) is 0 Å². The van der Waals surface area contributed by atoms with E-state index in [4.69, 9.17) is 16.9 Å².